The lowest BCUT2D eigenvalue weighted by Crippen LogP contribution is -2.36. The third kappa shape index (κ3) is 16.7. The molecule has 2 atom stereocenters. The SMILES string of the molecule is CCN(C(C)C)C(C)C.COC(=O)[C@@H](C)CC(=O)c1cc2cc(Br)c(O)cc2s1.COCCl.COCOc1cc2sc(C(=O)C[C@H](C)C(=O)OC)cc2cc1Br. The van der Waals surface area contributed by atoms with Gasteiger partial charge in [0, 0.05) is 48.5 Å². The van der Waals surface area contributed by atoms with Gasteiger partial charge in [-0.05, 0) is 113 Å². The van der Waals surface area contributed by atoms with Crippen LogP contribution < -0.4 is 4.74 Å². The highest BCUT2D eigenvalue weighted by Crippen LogP contribution is 2.36. The van der Waals surface area contributed by atoms with Crippen molar-refractivity contribution in [1.82, 2.24) is 4.90 Å². The minimum Gasteiger partial charge on any atom is -0.507 e. The summed E-state index contributed by atoms with van der Waals surface area (Å²) in [6.45, 7) is 15.8. The largest absolute Gasteiger partial charge is 0.507 e. The van der Waals surface area contributed by atoms with Crippen LogP contribution in [0.3, 0.4) is 0 Å². The Balaban J connectivity index is 0.000000431. The molecule has 0 saturated carbocycles. The number of ketones is 2. The van der Waals surface area contributed by atoms with Crippen LogP contribution in [0.2, 0.25) is 0 Å². The summed E-state index contributed by atoms with van der Waals surface area (Å²) in [7, 11) is 5.73. The van der Waals surface area contributed by atoms with Crippen molar-refractivity contribution in [2.24, 2.45) is 11.8 Å². The summed E-state index contributed by atoms with van der Waals surface area (Å²) >= 11 is 14.3. The Hall–Kier alpha value is -2.63. The van der Waals surface area contributed by atoms with E-state index in [1.54, 1.807) is 46.3 Å². The number of benzene rings is 2. The molecule has 0 fully saturated rings. The quantitative estimate of drug-likeness (QED) is 0.0527. The van der Waals surface area contributed by atoms with Crippen LogP contribution in [-0.4, -0.2) is 93.4 Å². The Morgan fingerprint density at radius 3 is 1.50 bits per heavy atom. The average molecular weight is 968 g/mol. The van der Waals surface area contributed by atoms with Gasteiger partial charge in [0.25, 0.3) is 0 Å². The number of ether oxygens (including phenoxy) is 5. The molecule has 16 heteroatoms. The Morgan fingerprint density at radius 2 is 1.14 bits per heavy atom. The number of halogens is 3. The van der Waals surface area contributed by atoms with Crippen molar-refractivity contribution in [1.29, 1.82) is 0 Å². The van der Waals surface area contributed by atoms with Crippen molar-refractivity contribution < 1.29 is 48.0 Å². The van der Waals surface area contributed by atoms with Crippen molar-refractivity contribution in [2.75, 3.05) is 47.8 Å². The van der Waals surface area contributed by atoms with Gasteiger partial charge in [0.2, 0.25) is 0 Å². The van der Waals surface area contributed by atoms with Crippen LogP contribution in [-0.2, 0) is 28.5 Å². The highest BCUT2D eigenvalue weighted by Gasteiger charge is 2.22. The molecule has 1 N–H and O–H groups in total. The normalized spacial score (nSPS) is 11.9. The summed E-state index contributed by atoms with van der Waals surface area (Å²) in [4.78, 5) is 50.9. The number of hydrogen-bond donors (Lipinski definition) is 1. The molecular formula is C40H54Br2ClNO10S2. The minimum atomic E-state index is -0.460. The fraction of sp³-hybridized carbons (Fsp3) is 0.500. The van der Waals surface area contributed by atoms with Crippen LogP contribution in [0.1, 0.15) is 80.7 Å². The maximum Gasteiger partial charge on any atom is 0.308 e. The van der Waals surface area contributed by atoms with Gasteiger partial charge in [0.05, 0.1) is 44.8 Å². The van der Waals surface area contributed by atoms with Crippen molar-refractivity contribution in [2.45, 2.75) is 73.4 Å². The van der Waals surface area contributed by atoms with E-state index >= 15 is 0 Å². The molecule has 0 spiro atoms. The van der Waals surface area contributed by atoms with E-state index in [9.17, 15) is 24.3 Å². The van der Waals surface area contributed by atoms with E-state index in [0.29, 0.717) is 38.1 Å². The number of carbonyl (C=O) groups is 4. The molecule has 0 radical (unpaired) electrons. The Labute approximate surface area is 360 Å². The monoisotopic (exact) mass is 965 g/mol. The van der Waals surface area contributed by atoms with Crippen LogP contribution in [0.4, 0.5) is 0 Å². The van der Waals surface area contributed by atoms with Crippen molar-refractivity contribution >= 4 is 110 Å². The van der Waals surface area contributed by atoms with E-state index in [1.165, 1.54) is 36.9 Å². The molecule has 0 bridgehead atoms. The maximum absolute atomic E-state index is 12.3. The third-order valence-corrected chi connectivity index (χ3v) is 11.8. The first-order chi connectivity index (χ1) is 26.4. The van der Waals surface area contributed by atoms with E-state index in [0.717, 1.165) is 31.2 Å². The highest BCUT2D eigenvalue weighted by atomic mass is 79.9. The van der Waals surface area contributed by atoms with Gasteiger partial charge in [-0.25, -0.2) is 0 Å². The number of phenolic OH excluding ortho intramolecular Hbond substituents is 1. The van der Waals surface area contributed by atoms with E-state index < -0.39 is 11.8 Å². The first kappa shape index (κ1) is 51.4. The Kier molecular flexibility index (Phi) is 24.2. The Morgan fingerprint density at radius 1 is 0.714 bits per heavy atom. The molecule has 0 unspecified atom stereocenters. The second-order valence-corrected chi connectivity index (χ2v) is 17.0. The molecule has 0 aliphatic rings. The lowest BCUT2D eigenvalue weighted by molar-refractivity contribution is -0.145. The topological polar surface area (TPSA) is 138 Å². The van der Waals surface area contributed by atoms with E-state index in [4.69, 9.17) is 21.1 Å². The molecule has 0 aliphatic carbocycles. The van der Waals surface area contributed by atoms with Crippen molar-refractivity contribution in [3.8, 4) is 11.5 Å². The summed E-state index contributed by atoms with van der Waals surface area (Å²) < 4.78 is 27.1. The van der Waals surface area contributed by atoms with Gasteiger partial charge in [0.1, 0.15) is 17.6 Å². The number of alkyl halides is 1. The van der Waals surface area contributed by atoms with E-state index in [1.807, 2.05) is 18.2 Å². The number of phenols is 1. The van der Waals surface area contributed by atoms with Crippen LogP contribution in [0, 0.1) is 11.8 Å². The van der Waals surface area contributed by atoms with E-state index in [-0.39, 0.29) is 48.9 Å². The number of Topliss-reactive ketones (excluding diaryl/α,β-unsaturated/α-hetero) is 2. The number of rotatable bonds is 15. The summed E-state index contributed by atoms with van der Waals surface area (Å²) in [5, 5.41) is 11.5. The minimum absolute atomic E-state index is 0.0698. The summed E-state index contributed by atoms with van der Waals surface area (Å²) in [5.74, 6) is -1.05. The lowest BCUT2D eigenvalue weighted by Gasteiger charge is -2.28. The predicted molar refractivity (Wildman–Crippen MR) is 234 cm³/mol. The standard InChI is InChI=1S/C16H17BrO5S.C14H13BrO4S.C8H19N.C2H5ClO/c1-9(16(19)21-3)4-12(18)15-6-10-5-11(17)13(22-8-20-2)7-14(10)23-15;1-7(14(18)19-2)3-11(17)13-5-8-4-9(15)10(16)6-12(8)20-13;1-6-9(7(2)3)8(4)5;1-4-2-3/h5-7,9H,4,8H2,1-3H3;4-7,16H,3H2,1-2H3;7-8H,6H2,1-5H3;2H2,1H3/t9-;7-;;/m00../s1. The lowest BCUT2D eigenvalue weighted by atomic mass is 10.0. The van der Waals surface area contributed by atoms with Gasteiger partial charge >= 0.3 is 11.9 Å². The zero-order chi connectivity index (χ0) is 42.7. The molecule has 2 aromatic carbocycles. The number of methoxy groups -OCH3 is 4. The van der Waals surface area contributed by atoms with Crippen molar-refractivity contribution in [3.05, 3.63) is 55.1 Å². The molecule has 4 aromatic rings. The van der Waals surface area contributed by atoms with Crippen molar-refractivity contribution in [3.63, 3.8) is 0 Å². The molecule has 11 nitrogen and oxygen atoms in total. The van der Waals surface area contributed by atoms with Gasteiger partial charge in [-0.15, -0.1) is 22.7 Å². The molecule has 4 rings (SSSR count). The van der Waals surface area contributed by atoms with Gasteiger partial charge in [-0.2, -0.15) is 0 Å². The van der Waals surface area contributed by atoms with Gasteiger partial charge in [-0.1, -0.05) is 32.4 Å². The molecule has 2 aromatic heterocycles. The molecular weight excluding hydrogens is 914 g/mol. The van der Waals surface area contributed by atoms with Crippen LogP contribution >= 0.6 is 66.1 Å². The fourth-order valence-electron chi connectivity index (χ4n) is 5.25. The number of esters is 2. The predicted octanol–water partition coefficient (Wildman–Crippen LogP) is 10.7. The zero-order valence-corrected chi connectivity index (χ0v) is 39.4. The fourth-order valence-corrected chi connectivity index (χ4v) is 8.13. The maximum atomic E-state index is 12.3. The number of nitrogens with zero attached hydrogens (tertiary/aromatic N) is 1. The van der Waals surface area contributed by atoms with Crippen LogP contribution in [0.15, 0.2) is 45.3 Å². The second kappa shape index (κ2) is 26.4. The zero-order valence-electron chi connectivity index (χ0n) is 33.8. The molecule has 0 saturated heterocycles. The van der Waals surface area contributed by atoms with Crippen LogP contribution in [0.5, 0.6) is 11.5 Å². The molecule has 56 heavy (non-hydrogen) atoms. The van der Waals surface area contributed by atoms with E-state index in [2.05, 4.69) is 85.6 Å². The summed E-state index contributed by atoms with van der Waals surface area (Å²) in [5.41, 5.74) is 0. The Bertz CT molecular complexity index is 1810. The number of aromatic hydroxyl groups is 1. The number of fused-ring (bicyclic) bond motifs is 2. The first-order valence-electron chi connectivity index (χ1n) is 17.7. The number of carbonyl (C=O) groups excluding carboxylic acids is 4. The highest BCUT2D eigenvalue weighted by molar-refractivity contribution is 9.11. The number of hydrogen-bond acceptors (Lipinski definition) is 13. The van der Waals surface area contributed by atoms with Gasteiger partial charge in [-0.3, -0.25) is 24.1 Å². The molecule has 2 heterocycles. The molecule has 0 aliphatic heterocycles. The number of thiophene rings is 2. The molecule has 0 amide bonds. The second-order valence-electron chi connectivity index (χ2n) is 13.0. The average Bonchev–Trinajstić information content (AvgIpc) is 3.77. The van der Waals surface area contributed by atoms with Gasteiger partial charge < -0.3 is 28.8 Å². The summed E-state index contributed by atoms with van der Waals surface area (Å²) in [6.07, 6.45) is 0.250. The summed E-state index contributed by atoms with van der Waals surface area (Å²) in [6, 6.07) is 12.4. The van der Waals surface area contributed by atoms with Crippen LogP contribution in [0.25, 0.3) is 20.2 Å². The smallest absolute Gasteiger partial charge is 0.308 e. The molecule has 312 valence electrons. The third-order valence-electron chi connectivity index (χ3n) is 8.03. The van der Waals surface area contributed by atoms with Gasteiger partial charge in [0.15, 0.2) is 18.4 Å². The first-order valence-corrected chi connectivity index (χ1v) is 21.4.